The Labute approximate surface area is 177 Å². The number of nitrogens with one attached hydrogen (secondary N) is 3. The molecule has 0 unspecified atom stereocenters. The fourth-order valence-corrected chi connectivity index (χ4v) is 3.47. The second-order valence-electron chi connectivity index (χ2n) is 7.19. The summed E-state index contributed by atoms with van der Waals surface area (Å²) in [5.74, 6) is -0.141. The lowest BCUT2D eigenvalue weighted by atomic mass is 10.0. The number of halogens is 1. The second-order valence-corrected chi connectivity index (χ2v) is 7.19. The molecule has 0 spiro atoms. The Kier molecular flexibility index (Phi) is 5.79. The van der Waals surface area contributed by atoms with E-state index in [0.29, 0.717) is 17.9 Å². The van der Waals surface area contributed by atoms with E-state index in [9.17, 15) is 14.0 Å². The van der Waals surface area contributed by atoms with Crippen LogP contribution in [0.1, 0.15) is 23.1 Å². The smallest absolute Gasteiger partial charge is 0.258 e. The third kappa shape index (κ3) is 4.98. The molecule has 2 heterocycles. The Hall–Kier alpha value is -3.94. The van der Waals surface area contributed by atoms with Crippen molar-refractivity contribution in [1.29, 1.82) is 0 Å². The number of carbonyl (C=O) groups is 1. The quantitative estimate of drug-likeness (QED) is 0.428. The Morgan fingerprint density at radius 3 is 2.84 bits per heavy atom. The summed E-state index contributed by atoms with van der Waals surface area (Å²) >= 11 is 0. The zero-order valence-electron chi connectivity index (χ0n) is 16.8. The minimum atomic E-state index is -0.552. The summed E-state index contributed by atoms with van der Waals surface area (Å²) in [5.41, 5.74) is 2.11. The molecule has 0 fully saturated rings. The van der Waals surface area contributed by atoms with Crippen LogP contribution >= 0.6 is 0 Å². The first-order valence-corrected chi connectivity index (χ1v) is 9.78. The van der Waals surface area contributed by atoms with Gasteiger partial charge in [0.15, 0.2) is 6.61 Å². The van der Waals surface area contributed by atoms with E-state index in [1.165, 1.54) is 24.3 Å². The number of nitrogens with zero attached hydrogens (tertiary/aromatic N) is 1. The molecule has 0 radical (unpaired) electrons. The number of aromatic nitrogens is 3. The monoisotopic (exact) mass is 420 g/mol. The van der Waals surface area contributed by atoms with E-state index in [0.717, 1.165) is 16.5 Å². The van der Waals surface area contributed by atoms with Crippen LogP contribution in [0.25, 0.3) is 10.9 Å². The summed E-state index contributed by atoms with van der Waals surface area (Å²) < 4.78 is 18.7. The van der Waals surface area contributed by atoms with Crippen molar-refractivity contribution in [3.05, 3.63) is 94.0 Å². The van der Waals surface area contributed by atoms with Crippen molar-refractivity contribution in [3.8, 4) is 5.75 Å². The Morgan fingerprint density at radius 2 is 2.03 bits per heavy atom. The molecule has 2 aromatic heterocycles. The van der Waals surface area contributed by atoms with E-state index < -0.39 is 17.8 Å². The number of hydrogen-bond donors (Lipinski definition) is 3. The van der Waals surface area contributed by atoms with Crippen molar-refractivity contribution >= 4 is 16.8 Å². The Morgan fingerprint density at radius 1 is 1.19 bits per heavy atom. The van der Waals surface area contributed by atoms with E-state index in [4.69, 9.17) is 4.74 Å². The molecule has 1 amide bonds. The largest absolute Gasteiger partial charge is 0.484 e. The molecule has 2 aromatic carbocycles. The van der Waals surface area contributed by atoms with Crippen molar-refractivity contribution in [2.45, 2.75) is 19.4 Å². The van der Waals surface area contributed by atoms with Crippen molar-refractivity contribution < 1.29 is 13.9 Å². The molecule has 0 aliphatic heterocycles. The van der Waals surface area contributed by atoms with Crippen LogP contribution in [-0.2, 0) is 11.2 Å². The predicted octanol–water partition coefficient (Wildman–Crippen LogP) is 3.18. The number of amides is 1. The second kappa shape index (κ2) is 8.83. The van der Waals surface area contributed by atoms with Crippen molar-refractivity contribution in [1.82, 2.24) is 20.3 Å². The molecule has 0 aliphatic carbocycles. The molecule has 31 heavy (non-hydrogen) atoms. The first-order valence-electron chi connectivity index (χ1n) is 9.78. The first kappa shape index (κ1) is 20.3. The summed E-state index contributed by atoms with van der Waals surface area (Å²) in [6.45, 7) is 1.39. The van der Waals surface area contributed by atoms with Crippen LogP contribution in [0.15, 0.2) is 65.6 Å². The van der Waals surface area contributed by atoms with Gasteiger partial charge in [0.1, 0.15) is 17.4 Å². The van der Waals surface area contributed by atoms with E-state index >= 15 is 0 Å². The number of ether oxygens (including phenoxy) is 1. The molecule has 1 atom stereocenters. The van der Waals surface area contributed by atoms with Crippen molar-refractivity contribution in [3.63, 3.8) is 0 Å². The van der Waals surface area contributed by atoms with Crippen LogP contribution in [0.3, 0.4) is 0 Å². The maximum atomic E-state index is 13.3. The van der Waals surface area contributed by atoms with Crippen LogP contribution in [0.2, 0.25) is 0 Å². The van der Waals surface area contributed by atoms with Crippen molar-refractivity contribution in [2.24, 2.45) is 0 Å². The maximum absolute atomic E-state index is 13.3. The maximum Gasteiger partial charge on any atom is 0.258 e. The van der Waals surface area contributed by atoms with E-state index in [1.807, 2.05) is 30.5 Å². The minimum absolute atomic E-state index is 0.258. The fourth-order valence-electron chi connectivity index (χ4n) is 3.47. The number of para-hydroxylation sites is 1. The van der Waals surface area contributed by atoms with Gasteiger partial charge in [0, 0.05) is 35.7 Å². The fraction of sp³-hybridized carbons (Fsp3) is 0.174. The summed E-state index contributed by atoms with van der Waals surface area (Å²) in [6, 6.07) is 14.2. The van der Waals surface area contributed by atoms with Gasteiger partial charge in [-0.25, -0.2) is 9.37 Å². The number of aromatic amines is 2. The van der Waals surface area contributed by atoms with Gasteiger partial charge in [0.25, 0.3) is 11.5 Å². The molecular formula is C23H21FN4O3. The molecular weight excluding hydrogens is 399 g/mol. The summed E-state index contributed by atoms with van der Waals surface area (Å²) in [5, 5.41) is 3.92. The van der Waals surface area contributed by atoms with Crippen molar-refractivity contribution in [2.75, 3.05) is 6.61 Å². The van der Waals surface area contributed by atoms with Crippen LogP contribution in [-0.4, -0.2) is 27.5 Å². The van der Waals surface area contributed by atoms with Gasteiger partial charge in [-0.1, -0.05) is 24.3 Å². The molecule has 0 saturated heterocycles. The van der Waals surface area contributed by atoms with Gasteiger partial charge in [0.2, 0.25) is 0 Å². The number of aryl methyl sites for hydroxylation is 1. The van der Waals surface area contributed by atoms with E-state index in [-0.39, 0.29) is 17.9 Å². The van der Waals surface area contributed by atoms with Gasteiger partial charge in [-0.3, -0.25) is 9.59 Å². The highest BCUT2D eigenvalue weighted by molar-refractivity contribution is 5.83. The average Bonchev–Trinajstić information content (AvgIpc) is 3.14. The highest BCUT2D eigenvalue weighted by Crippen LogP contribution is 2.23. The molecule has 4 aromatic rings. The zero-order valence-corrected chi connectivity index (χ0v) is 16.8. The average molecular weight is 420 g/mol. The van der Waals surface area contributed by atoms with Crippen LogP contribution < -0.4 is 15.6 Å². The Bertz CT molecular complexity index is 1280. The summed E-state index contributed by atoms with van der Waals surface area (Å²) in [4.78, 5) is 34.8. The van der Waals surface area contributed by atoms with Crippen LogP contribution in [0.4, 0.5) is 4.39 Å². The first-order chi connectivity index (χ1) is 15.0. The SMILES string of the molecule is Cc1nc([C@@H](Cc2c[nH]c3ccccc23)NC(=O)COc2cccc(F)c2)cc(=O)[nH]1. The van der Waals surface area contributed by atoms with Gasteiger partial charge >= 0.3 is 0 Å². The molecule has 0 saturated carbocycles. The van der Waals surface area contributed by atoms with Gasteiger partial charge in [-0.15, -0.1) is 0 Å². The van der Waals surface area contributed by atoms with Crippen LogP contribution in [0.5, 0.6) is 5.75 Å². The number of benzene rings is 2. The number of H-pyrrole nitrogens is 2. The lowest BCUT2D eigenvalue weighted by Crippen LogP contribution is -2.35. The van der Waals surface area contributed by atoms with Gasteiger partial charge in [0.05, 0.1) is 11.7 Å². The molecule has 158 valence electrons. The standard InChI is InChI=1S/C23H21FN4O3/c1-14-26-21(11-22(29)27-14)20(9-15-12-25-19-8-3-2-7-18(15)19)28-23(30)13-31-17-6-4-5-16(24)10-17/h2-8,10-12,20,25H,9,13H2,1H3,(H,28,30)(H,26,27,29)/t20-/m1/s1. The third-order valence-corrected chi connectivity index (χ3v) is 4.84. The molecule has 8 heteroatoms. The van der Waals surface area contributed by atoms with Crippen LogP contribution in [0, 0.1) is 12.7 Å². The number of carbonyl (C=O) groups excluding carboxylic acids is 1. The zero-order chi connectivity index (χ0) is 21.8. The summed E-state index contributed by atoms with van der Waals surface area (Å²) in [6.07, 6.45) is 2.30. The molecule has 0 bridgehead atoms. The molecule has 7 nitrogen and oxygen atoms in total. The summed E-state index contributed by atoms with van der Waals surface area (Å²) in [7, 11) is 0. The normalized spacial score (nSPS) is 11.9. The predicted molar refractivity (Wildman–Crippen MR) is 114 cm³/mol. The van der Waals surface area contributed by atoms with Gasteiger partial charge in [-0.05, 0) is 30.7 Å². The Balaban J connectivity index is 1.56. The highest BCUT2D eigenvalue weighted by atomic mass is 19.1. The van der Waals surface area contributed by atoms with E-state index in [1.54, 1.807) is 13.0 Å². The molecule has 4 rings (SSSR count). The molecule has 3 N–H and O–H groups in total. The number of rotatable bonds is 7. The lowest BCUT2D eigenvalue weighted by molar-refractivity contribution is -0.123. The molecule has 0 aliphatic rings. The van der Waals surface area contributed by atoms with Gasteiger partial charge < -0.3 is 20.0 Å². The minimum Gasteiger partial charge on any atom is -0.484 e. The highest BCUT2D eigenvalue weighted by Gasteiger charge is 2.20. The topological polar surface area (TPSA) is 99.9 Å². The van der Waals surface area contributed by atoms with Gasteiger partial charge in [-0.2, -0.15) is 0 Å². The lowest BCUT2D eigenvalue weighted by Gasteiger charge is -2.19. The van der Waals surface area contributed by atoms with E-state index in [2.05, 4.69) is 20.3 Å². The third-order valence-electron chi connectivity index (χ3n) is 4.84. The number of hydrogen-bond acceptors (Lipinski definition) is 4. The number of fused-ring (bicyclic) bond motifs is 1.